The summed E-state index contributed by atoms with van der Waals surface area (Å²) in [5, 5.41) is 4.10. The molecule has 31 heavy (non-hydrogen) atoms. The molecular formula is C25H31ClN2O3. The first-order chi connectivity index (χ1) is 14.8. The monoisotopic (exact) mass is 442 g/mol. The van der Waals surface area contributed by atoms with Gasteiger partial charge < -0.3 is 14.8 Å². The molecule has 5 nitrogen and oxygen atoms in total. The van der Waals surface area contributed by atoms with Gasteiger partial charge in [-0.25, -0.2) is 0 Å². The van der Waals surface area contributed by atoms with E-state index in [2.05, 4.69) is 30.1 Å². The quantitative estimate of drug-likeness (QED) is 0.709. The summed E-state index contributed by atoms with van der Waals surface area (Å²) >= 11 is 6.34. The SMILES string of the molecule is COc1ccc2c(c1)[C@H](NC(=O)[C@H]1CCCN(Cc3ccccc3Cl)C1)CC(C)(C)O2. The first kappa shape index (κ1) is 22.0. The molecular weight excluding hydrogens is 412 g/mol. The average Bonchev–Trinajstić information content (AvgIpc) is 2.74. The maximum absolute atomic E-state index is 13.3. The highest BCUT2D eigenvalue weighted by molar-refractivity contribution is 6.31. The van der Waals surface area contributed by atoms with E-state index in [1.807, 2.05) is 36.4 Å². The lowest BCUT2D eigenvalue weighted by Crippen LogP contribution is -2.46. The Balaban J connectivity index is 1.46. The van der Waals surface area contributed by atoms with Crippen molar-refractivity contribution in [2.24, 2.45) is 5.92 Å². The standard InChI is InChI=1S/C25H31ClN2O3/c1-25(2)14-22(20-13-19(30-3)10-11-23(20)31-25)27-24(29)18-8-6-12-28(16-18)15-17-7-4-5-9-21(17)26/h4-5,7,9-11,13,18,22H,6,8,12,14-16H2,1-3H3,(H,27,29)/t18-,22+/m0/s1. The fourth-order valence-electron chi connectivity index (χ4n) is 4.66. The van der Waals surface area contributed by atoms with E-state index in [1.165, 1.54) is 0 Å². The number of ether oxygens (including phenoxy) is 2. The van der Waals surface area contributed by atoms with Gasteiger partial charge in [-0.05, 0) is 63.1 Å². The second kappa shape index (κ2) is 9.09. The van der Waals surface area contributed by atoms with E-state index >= 15 is 0 Å². The van der Waals surface area contributed by atoms with Crippen LogP contribution in [0.2, 0.25) is 5.02 Å². The molecule has 2 aromatic carbocycles. The Morgan fingerprint density at radius 1 is 1.29 bits per heavy atom. The predicted molar refractivity (Wildman–Crippen MR) is 123 cm³/mol. The van der Waals surface area contributed by atoms with Crippen LogP contribution in [0.5, 0.6) is 11.5 Å². The zero-order valence-electron chi connectivity index (χ0n) is 18.5. The summed E-state index contributed by atoms with van der Waals surface area (Å²) in [5.41, 5.74) is 1.75. The third-order valence-electron chi connectivity index (χ3n) is 6.22. The third-order valence-corrected chi connectivity index (χ3v) is 6.59. The van der Waals surface area contributed by atoms with Crippen molar-refractivity contribution >= 4 is 17.5 Å². The second-order valence-corrected chi connectivity index (χ2v) is 9.60. The Bertz CT molecular complexity index is 946. The van der Waals surface area contributed by atoms with Crippen LogP contribution in [0.25, 0.3) is 0 Å². The number of piperidine rings is 1. The topological polar surface area (TPSA) is 50.8 Å². The van der Waals surface area contributed by atoms with Gasteiger partial charge in [0, 0.05) is 30.1 Å². The molecule has 0 bridgehead atoms. The van der Waals surface area contributed by atoms with Crippen LogP contribution < -0.4 is 14.8 Å². The van der Waals surface area contributed by atoms with Crippen LogP contribution in [0.4, 0.5) is 0 Å². The molecule has 2 aromatic rings. The molecule has 1 saturated heterocycles. The number of halogens is 1. The Labute approximate surface area is 189 Å². The molecule has 1 fully saturated rings. The van der Waals surface area contributed by atoms with Crippen molar-refractivity contribution in [1.82, 2.24) is 10.2 Å². The number of hydrogen-bond acceptors (Lipinski definition) is 4. The van der Waals surface area contributed by atoms with Crippen molar-refractivity contribution in [2.45, 2.75) is 51.3 Å². The van der Waals surface area contributed by atoms with E-state index in [-0.39, 0.29) is 23.5 Å². The van der Waals surface area contributed by atoms with Crippen LogP contribution in [0, 0.1) is 5.92 Å². The zero-order chi connectivity index (χ0) is 22.0. The molecule has 166 valence electrons. The van der Waals surface area contributed by atoms with Gasteiger partial charge in [-0.15, -0.1) is 0 Å². The molecule has 2 aliphatic heterocycles. The van der Waals surface area contributed by atoms with Crippen molar-refractivity contribution in [3.8, 4) is 11.5 Å². The summed E-state index contributed by atoms with van der Waals surface area (Å²) in [6, 6.07) is 13.6. The van der Waals surface area contributed by atoms with Gasteiger partial charge in [0.1, 0.15) is 17.1 Å². The minimum absolute atomic E-state index is 0.0312. The van der Waals surface area contributed by atoms with Gasteiger partial charge in [0.2, 0.25) is 5.91 Å². The van der Waals surface area contributed by atoms with E-state index in [0.29, 0.717) is 0 Å². The lowest BCUT2D eigenvalue weighted by atomic mass is 9.88. The molecule has 2 aliphatic rings. The molecule has 2 heterocycles. The number of nitrogens with one attached hydrogen (secondary N) is 1. The van der Waals surface area contributed by atoms with E-state index in [9.17, 15) is 4.79 Å². The summed E-state index contributed by atoms with van der Waals surface area (Å²) in [7, 11) is 1.65. The van der Waals surface area contributed by atoms with E-state index in [1.54, 1.807) is 7.11 Å². The zero-order valence-corrected chi connectivity index (χ0v) is 19.2. The number of carbonyl (C=O) groups excluding carboxylic acids is 1. The van der Waals surface area contributed by atoms with Gasteiger partial charge in [0.05, 0.1) is 19.1 Å². The highest BCUT2D eigenvalue weighted by Gasteiger charge is 2.36. The van der Waals surface area contributed by atoms with Crippen LogP contribution in [0.3, 0.4) is 0 Å². The van der Waals surface area contributed by atoms with Crippen molar-refractivity contribution in [3.05, 3.63) is 58.6 Å². The van der Waals surface area contributed by atoms with Crippen LogP contribution >= 0.6 is 11.6 Å². The maximum atomic E-state index is 13.3. The molecule has 0 spiro atoms. The van der Waals surface area contributed by atoms with E-state index in [4.69, 9.17) is 21.1 Å². The molecule has 0 aliphatic carbocycles. The molecule has 1 N–H and O–H groups in total. The summed E-state index contributed by atoms with van der Waals surface area (Å²) in [6.45, 7) is 6.62. The minimum Gasteiger partial charge on any atom is -0.497 e. The Morgan fingerprint density at radius 3 is 2.87 bits per heavy atom. The highest BCUT2D eigenvalue weighted by atomic mass is 35.5. The lowest BCUT2D eigenvalue weighted by Gasteiger charge is -2.39. The smallest absolute Gasteiger partial charge is 0.224 e. The van der Waals surface area contributed by atoms with Gasteiger partial charge in [0.15, 0.2) is 0 Å². The number of methoxy groups -OCH3 is 1. The van der Waals surface area contributed by atoms with E-state index in [0.717, 1.165) is 66.5 Å². The highest BCUT2D eigenvalue weighted by Crippen LogP contribution is 2.41. The second-order valence-electron chi connectivity index (χ2n) is 9.20. The number of benzene rings is 2. The number of nitrogens with zero attached hydrogens (tertiary/aromatic N) is 1. The van der Waals surface area contributed by atoms with Crippen LogP contribution in [-0.4, -0.2) is 36.6 Å². The molecule has 0 aromatic heterocycles. The minimum atomic E-state index is -0.345. The number of amides is 1. The maximum Gasteiger partial charge on any atom is 0.224 e. The van der Waals surface area contributed by atoms with Crippen LogP contribution in [0.1, 0.15) is 50.3 Å². The molecule has 1 amide bonds. The molecule has 4 rings (SSSR count). The fraction of sp³-hybridized carbons (Fsp3) is 0.480. The van der Waals surface area contributed by atoms with Crippen molar-refractivity contribution in [1.29, 1.82) is 0 Å². The molecule has 0 radical (unpaired) electrons. The normalized spacial score (nSPS) is 22.8. The fourth-order valence-corrected chi connectivity index (χ4v) is 4.85. The van der Waals surface area contributed by atoms with Crippen LogP contribution in [0.15, 0.2) is 42.5 Å². The Kier molecular flexibility index (Phi) is 6.44. The Morgan fingerprint density at radius 2 is 2.10 bits per heavy atom. The van der Waals surface area contributed by atoms with Gasteiger partial charge in [-0.2, -0.15) is 0 Å². The molecule has 2 atom stereocenters. The summed E-state index contributed by atoms with van der Waals surface area (Å²) < 4.78 is 11.5. The first-order valence-corrected chi connectivity index (χ1v) is 11.4. The number of likely N-dealkylation sites (tertiary alicyclic amines) is 1. The van der Waals surface area contributed by atoms with Crippen molar-refractivity contribution in [3.63, 3.8) is 0 Å². The average molecular weight is 443 g/mol. The van der Waals surface area contributed by atoms with Gasteiger partial charge >= 0.3 is 0 Å². The van der Waals surface area contributed by atoms with E-state index < -0.39 is 0 Å². The molecule has 0 saturated carbocycles. The molecule has 6 heteroatoms. The van der Waals surface area contributed by atoms with Crippen LogP contribution in [-0.2, 0) is 11.3 Å². The molecule has 0 unspecified atom stereocenters. The predicted octanol–water partition coefficient (Wildman–Crippen LogP) is 4.98. The van der Waals surface area contributed by atoms with Crippen molar-refractivity contribution < 1.29 is 14.3 Å². The summed E-state index contributed by atoms with van der Waals surface area (Å²) in [6.07, 6.45) is 2.63. The van der Waals surface area contributed by atoms with Gasteiger partial charge in [-0.3, -0.25) is 9.69 Å². The lowest BCUT2D eigenvalue weighted by molar-refractivity contribution is -0.128. The summed E-state index contributed by atoms with van der Waals surface area (Å²) in [5.74, 6) is 1.66. The summed E-state index contributed by atoms with van der Waals surface area (Å²) in [4.78, 5) is 15.6. The number of hydrogen-bond donors (Lipinski definition) is 1. The Hall–Kier alpha value is -2.24. The third kappa shape index (κ3) is 5.16. The first-order valence-electron chi connectivity index (χ1n) is 11.0. The number of rotatable bonds is 5. The van der Waals surface area contributed by atoms with Gasteiger partial charge in [-0.1, -0.05) is 29.8 Å². The van der Waals surface area contributed by atoms with Crippen molar-refractivity contribution in [2.75, 3.05) is 20.2 Å². The number of carbonyl (C=O) groups is 1. The van der Waals surface area contributed by atoms with Gasteiger partial charge in [0.25, 0.3) is 0 Å². The largest absolute Gasteiger partial charge is 0.497 e. The number of fused-ring (bicyclic) bond motifs is 1.